The maximum atomic E-state index is 14.1. The lowest BCUT2D eigenvalue weighted by molar-refractivity contribution is 0.367. The lowest BCUT2D eigenvalue weighted by Gasteiger charge is -2.16. The van der Waals surface area contributed by atoms with Crippen LogP contribution in [0.15, 0.2) is 36.4 Å². The van der Waals surface area contributed by atoms with Gasteiger partial charge in [-0.15, -0.1) is 0 Å². The minimum absolute atomic E-state index is 0.148. The smallest absolute Gasteiger partial charge is 0.169 e. The standard InChI is InChI=1S/C17H20FNO2/c1-4-12-8-9-15(16(10-12)20-3)21-17-13(11(2)19)6-5-7-14(17)18/h5-11H,4,19H2,1-3H3/t11-/m1/s1. The second-order valence-electron chi connectivity index (χ2n) is 4.89. The molecular formula is C17H20FNO2. The largest absolute Gasteiger partial charge is 0.493 e. The number of methoxy groups -OCH3 is 1. The molecule has 0 fully saturated rings. The van der Waals surface area contributed by atoms with Crippen LogP contribution in [0.4, 0.5) is 4.39 Å². The van der Waals surface area contributed by atoms with Crippen LogP contribution in [0.2, 0.25) is 0 Å². The minimum Gasteiger partial charge on any atom is -0.493 e. The summed E-state index contributed by atoms with van der Waals surface area (Å²) >= 11 is 0. The molecule has 2 aromatic carbocycles. The molecule has 0 saturated heterocycles. The number of para-hydroxylation sites is 1. The van der Waals surface area contributed by atoms with Crippen LogP contribution in [0.1, 0.15) is 31.0 Å². The maximum Gasteiger partial charge on any atom is 0.169 e. The summed E-state index contributed by atoms with van der Waals surface area (Å²) in [6.45, 7) is 3.85. The van der Waals surface area contributed by atoms with Crippen LogP contribution in [-0.2, 0) is 6.42 Å². The van der Waals surface area contributed by atoms with Gasteiger partial charge in [0.25, 0.3) is 0 Å². The van der Waals surface area contributed by atoms with Gasteiger partial charge < -0.3 is 15.2 Å². The summed E-state index contributed by atoms with van der Waals surface area (Å²) in [4.78, 5) is 0. The molecule has 1 atom stereocenters. The molecule has 0 aromatic heterocycles. The Labute approximate surface area is 124 Å². The fourth-order valence-electron chi connectivity index (χ4n) is 2.12. The number of ether oxygens (including phenoxy) is 2. The number of hydrogen-bond donors (Lipinski definition) is 1. The molecule has 0 spiro atoms. The van der Waals surface area contributed by atoms with Crippen molar-refractivity contribution in [1.29, 1.82) is 0 Å². The summed E-state index contributed by atoms with van der Waals surface area (Å²) in [5, 5.41) is 0. The second kappa shape index (κ2) is 6.59. The first-order valence-electron chi connectivity index (χ1n) is 6.95. The van der Waals surface area contributed by atoms with E-state index in [9.17, 15) is 4.39 Å². The first kappa shape index (κ1) is 15.3. The Hall–Kier alpha value is -2.07. The Morgan fingerprint density at radius 2 is 1.95 bits per heavy atom. The van der Waals surface area contributed by atoms with Crippen LogP contribution in [0, 0.1) is 5.82 Å². The normalized spacial score (nSPS) is 12.0. The van der Waals surface area contributed by atoms with Gasteiger partial charge in [0.2, 0.25) is 0 Å². The van der Waals surface area contributed by atoms with Gasteiger partial charge in [0, 0.05) is 11.6 Å². The van der Waals surface area contributed by atoms with Crippen LogP contribution in [0.3, 0.4) is 0 Å². The Morgan fingerprint density at radius 3 is 2.57 bits per heavy atom. The molecule has 0 aliphatic rings. The van der Waals surface area contributed by atoms with Crippen molar-refractivity contribution >= 4 is 0 Å². The van der Waals surface area contributed by atoms with Crippen molar-refractivity contribution in [2.75, 3.05) is 7.11 Å². The number of halogens is 1. The average Bonchev–Trinajstić information content (AvgIpc) is 2.49. The molecule has 21 heavy (non-hydrogen) atoms. The van der Waals surface area contributed by atoms with Gasteiger partial charge in [0.1, 0.15) is 0 Å². The molecule has 0 aliphatic heterocycles. The summed E-state index contributed by atoms with van der Waals surface area (Å²) < 4.78 is 25.1. The first-order valence-corrected chi connectivity index (χ1v) is 6.95. The van der Waals surface area contributed by atoms with Crippen molar-refractivity contribution in [3.05, 3.63) is 53.3 Å². The van der Waals surface area contributed by atoms with E-state index in [1.165, 1.54) is 6.07 Å². The third-order valence-electron chi connectivity index (χ3n) is 3.34. The number of benzene rings is 2. The van der Waals surface area contributed by atoms with Crippen LogP contribution in [0.5, 0.6) is 17.2 Å². The molecule has 0 saturated carbocycles. The average molecular weight is 289 g/mol. The van der Waals surface area contributed by atoms with Crippen molar-refractivity contribution < 1.29 is 13.9 Å². The van der Waals surface area contributed by atoms with Gasteiger partial charge in [-0.2, -0.15) is 0 Å². The van der Waals surface area contributed by atoms with Gasteiger partial charge in [-0.05, 0) is 37.1 Å². The highest BCUT2D eigenvalue weighted by Gasteiger charge is 2.16. The van der Waals surface area contributed by atoms with Crippen molar-refractivity contribution in [1.82, 2.24) is 0 Å². The Bertz CT molecular complexity index is 626. The van der Waals surface area contributed by atoms with Crippen LogP contribution >= 0.6 is 0 Å². The SMILES string of the molecule is CCc1ccc(Oc2c(F)cccc2[C@@H](C)N)c(OC)c1. The number of aryl methyl sites for hydroxylation is 1. The van der Waals surface area contributed by atoms with Crippen LogP contribution < -0.4 is 15.2 Å². The van der Waals surface area contributed by atoms with Gasteiger partial charge in [-0.3, -0.25) is 0 Å². The molecule has 0 heterocycles. The van der Waals surface area contributed by atoms with E-state index in [4.69, 9.17) is 15.2 Å². The van der Waals surface area contributed by atoms with Gasteiger partial charge >= 0.3 is 0 Å². The van der Waals surface area contributed by atoms with Gasteiger partial charge in [-0.25, -0.2) is 4.39 Å². The Balaban J connectivity index is 2.43. The van der Waals surface area contributed by atoms with E-state index in [1.807, 2.05) is 12.1 Å². The molecule has 0 aliphatic carbocycles. The van der Waals surface area contributed by atoms with Gasteiger partial charge in [-0.1, -0.05) is 25.1 Å². The molecular weight excluding hydrogens is 269 g/mol. The van der Waals surface area contributed by atoms with E-state index in [0.29, 0.717) is 17.1 Å². The molecule has 0 amide bonds. The summed E-state index contributed by atoms with van der Waals surface area (Å²) in [6.07, 6.45) is 0.890. The Kier molecular flexibility index (Phi) is 4.81. The fraction of sp³-hybridized carbons (Fsp3) is 0.294. The Morgan fingerprint density at radius 1 is 1.19 bits per heavy atom. The second-order valence-corrected chi connectivity index (χ2v) is 4.89. The van der Waals surface area contributed by atoms with Crippen molar-refractivity contribution in [3.63, 3.8) is 0 Å². The van der Waals surface area contributed by atoms with Crippen molar-refractivity contribution in [3.8, 4) is 17.2 Å². The van der Waals surface area contributed by atoms with Gasteiger partial charge in [0.05, 0.1) is 7.11 Å². The maximum absolute atomic E-state index is 14.1. The lowest BCUT2D eigenvalue weighted by atomic mass is 10.1. The van der Waals surface area contributed by atoms with E-state index in [1.54, 1.807) is 32.2 Å². The molecule has 2 aromatic rings. The topological polar surface area (TPSA) is 44.5 Å². The highest BCUT2D eigenvalue weighted by molar-refractivity contribution is 5.47. The van der Waals surface area contributed by atoms with Crippen molar-refractivity contribution in [2.45, 2.75) is 26.3 Å². The molecule has 0 unspecified atom stereocenters. The summed E-state index contributed by atoms with van der Waals surface area (Å²) in [6, 6.07) is 10.0. The van der Waals surface area contributed by atoms with Gasteiger partial charge in [0.15, 0.2) is 23.1 Å². The number of hydrogen-bond acceptors (Lipinski definition) is 3. The van der Waals surface area contributed by atoms with E-state index in [2.05, 4.69) is 6.92 Å². The fourth-order valence-corrected chi connectivity index (χ4v) is 2.12. The summed E-state index contributed by atoms with van der Waals surface area (Å²) in [7, 11) is 1.56. The molecule has 2 N–H and O–H groups in total. The molecule has 3 nitrogen and oxygen atoms in total. The van der Waals surface area contributed by atoms with E-state index in [0.717, 1.165) is 12.0 Å². The third-order valence-corrected chi connectivity index (χ3v) is 3.34. The van der Waals surface area contributed by atoms with E-state index in [-0.39, 0.29) is 11.8 Å². The molecule has 2 rings (SSSR count). The molecule has 4 heteroatoms. The van der Waals surface area contributed by atoms with Crippen LogP contribution in [-0.4, -0.2) is 7.11 Å². The zero-order valence-electron chi connectivity index (χ0n) is 12.5. The quantitative estimate of drug-likeness (QED) is 0.896. The summed E-state index contributed by atoms with van der Waals surface area (Å²) in [5.74, 6) is 0.761. The molecule has 0 bridgehead atoms. The zero-order valence-corrected chi connectivity index (χ0v) is 12.5. The highest BCUT2D eigenvalue weighted by atomic mass is 19.1. The third kappa shape index (κ3) is 3.34. The predicted molar refractivity (Wildman–Crippen MR) is 81.4 cm³/mol. The van der Waals surface area contributed by atoms with Crippen LogP contribution in [0.25, 0.3) is 0 Å². The van der Waals surface area contributed by atoms with E-state index < -0.39 is 5.82 Å². The monoisotopic (exact) mass is 289 g/mol. The van der Waals surface area contributed by atoms with E-state index >= 15 is 0 Å². The first-order chi connectivity index (χ1) is 10.1. The minimum atomic E-state index is -0.438. The predicted octanol–water partition coefficient (Wildman–Crippen LogP) is 4.21. The number of nitrogens with two attached hydrogens (primary N) is 1. The van der Waals surface area contributed by atoms with Crippen molar-refractivity contribution in [2.24, 2.45) is 5.73 Å². The number of rotatable bonds is 5. The highest BCUT2D eigenvalue weighted by Crippen LogP contribution is 2.36. The molecule has 0 radical (unpaired) electrons. The molecule has 112 valence electrons. The lowest BCUT2D eigenvalue weighted by Crippen LogP contribution is -2.08. The summed E-state index contributed by atoms with van der Waals surface area (Å²) in [5.41, 5.74) is 7.62. The zero-order chi connectivity index (χ0) is 15.4.